The smallest absolute Gasteiger partial charge is 0.227 e. The number of piperidine rings is 1. The van der Waals surface area contributed by atoms with E-state index < -0.39 is 5.82 Å². The Bertz CT molecular complexity index is 1020. The maximum atomic E-state index is 13.8. The lowest BCUT2D eigenvalue weighted by molar-refractivity contribution is -0.120. The summed E-state index contributed by atoms with van der Waals surface area (Å²) in [4.78, 5) is 24.9. The molecule has 2 heterocycles. The van der Waals surface area contributed by atoms with Gasteiger partial charge in [-0.25, -0.2) is 14.4 Å². The number of aromatic nitrogens is 2. The van der Waals surface area contributed by atoms with Gasteiger partial charge in [0.2, 0.25) is 5.91 Å². The fourth-order valence-electron chi connectivity index (χ4n) is 3.48. The van der Waals surface area contributed by atoms with Crippen molar-refractivity contribution in [3.63, 3.8) is 0 Å². The third-order valence-corrected chi connectivity index (χ3v) is 6.17. The van der Waals surface area contributed by atoms with Gasteiger partial charge in [0, 0.05) is 36.3 Å². The molecule has 0 unspecified atom stereocenters. The Morgan fingerprint density at radius 1 is 1.07 bits per heavy atom. The lowest BCUT2D eigenvalue weighted by atomic mass is 9.96. The van der Waals surface area contributed by atoms with Crippen LogP contribution in [-0.4, -0.2) is 29.0 Å². The van der Waals surface area contributed by atoms with Gasteiger partial charge in [0.15, 0.2) is 5.82 Å². The van der Waals surface area contributed by atoms with Crippen molar-refractivity contribution in [3.8, 4) is 0 Å². The van der Waals surface area contributed by atoms with Crippen molar-refractivity contribution in [1.82, 2.24) is 9.97 Å². The monoisotopic (exact) mass is 422 g/mol. The topological polar surface area (TPSA) is 58.1 Å². The van der Waals surface area contributed by atoms with Crippen LogP contribution in [0.5, 0.6) is 0 Å². The van der Waals surface area contributed by atoms with Crippen molar-refractivity contribution >= 4 is 29.2 Å². The summed E-state index contributed by atoms with van der Waals surface area (Å²) in [6.07, 6.45) is 4.77. The minimum atomic E-state index is -0.416. The van der Waals surface area contributed by atoms with Crippen LogP contribution in [0.2, 0.25) is 0 Å². The van der Waals surface area contributed by atoms with E-state index in [0.717, 1.165) is 15.7 Å². The van der Waals surface area contributed by atoms with E-state index in [9.17, 15) is 9.18 Å². The lowest BCUT2D eigenvalue weighted by Crippen LogP contribution is -2.39. The molecule has 4 rings (SSSR count). The molecule has 30 heavy (non-hydrogen) atoms. The number of carbonyl (C=O) groups excluding carboxylic acids is 1. The molecule has 3 aromatic rings. The summed E-state index contributed by atoms with van der Waals surface area (Å²) < 4.78 is 13.8. The molecule has 1 aliphatic heterocycles. The Morgan fingerprint density at radius 2 is 1.77 bits per heavy atom. The van der Waals surface area contributed by atoms with Crippen LogP contribution in [0.25, 0.3) is 0 Å². The van der Waals surface area contributed by atoms with Crippen LogP contribution in [0.1, 0.15) is 18.4 Å². The summed E-state index contributed by atoms with van der Waals surface area (Å²) in [5, 5.41) is 3.58. The van der Waals surface area contributed by atoms with Crippen molar-refractivity contribution < 1.29 is 9.18 Å². The molecule has 1 aliphatic rings. The average Bonchev–Trinajstić information content (AvgIpc) is 2.77. The van der Waals surface area contributed by atoms with Crippen molar-refractivity contribution in [2.45, 2.75) is 29.7 Å². The van der Waals surface area contributed by atoms with Crippen LogP contribution in [0, 0.1) is 18.7 Å². The average molecular weight is 423 g/mol. The van der Waals surface area contributed by atoms with E-state index in [1.807, 2.05) is 0 Å². The van der Waals surface area contributed by atoms with Gasteiger partial charge in [0.05, 0.1) is 5.69 Å². The number of hydrogen-bond donors (Lipinski definition) is 1. The van der Waals surface area contributed by atoms with Gasteiger partial charge in [-0.3, -0.25) is 4.79 Å². The highest BCUT2D eigenvalue weighted by Crippen LogP contribution is 2.34. The number of aryl methyl sites for hydroxylation is 1. The summed E-state index contributed by atoms with van der Waals surface area (Å²) in [5.41, 5.74) is 1.45. The summed E-state index contributed by atoms with van der Waals surface area (Å²) >= 11 is 1.59. The number of rotatable bonds is 5. The zero-order valence-corrected chi connectivity index (χ0v) is 17.5. The largest absolute Gasteiger partial charge is 0.354 e. The summed E-state index contributed by atoms with van der Waals surface area (Å²) in [7, 11) is 0. The Morgan fingerprint density at radius 3 is 2.50 bits per heavy atom. The molecule has 0 aliphatic carbocycles. The standard InChI is InChI=1S/C23H23FN4OS/c1-16-6-8-18(9-7-16)30-23-21(25-12-13-26-23)28-14-10-17(11-15-28)22(29)27-20-5-3-2-4-19(20)24/h2-9,12-13,17H,10-11,14-15H2,1H3,(H,27,29). The Hall–Kier alpha value is -2.93. The summed E-state index contributed by atoms with van der Waals surface area (Å²) in [6.45, 7) is 3.47. The third-order valence-electron chi connectivity index (χ3n) is 5.18. The van der Waals surface area contributed by atoms with Crippen molar-refractivity contribution in [1.29, 1.82) is 0 Å². The van der Waals surface area contributed by atoms with Gasteiger partial charge in [0.1, 0.15) is 10.8 Å². The zero-order chi connectivity index (χ0) is 20.9. The van der Waals surface area contributed by atoms with Crippen molar-refractivity contribution in [3.05, 3.63) is 72.3 Å². The number of amides is 1. The van der Waals surface area contributed by atoms with Crippen LogP contribution in [0.4, 0.5) is 15.9 Å². The number of nitrogens with zero attached hydrogens (tertiary/aromatic N) is 3. The molecule has 0 spiro atoms. The Balaban J connectivity index is 1.40. The summed E-state index contributed by atoms with van der Waals surface area (Å²) in [6, 6.07) is 14.6. The molecular weight excluding hydrogens is 399 g/mol. The number of anilines is 2. The van der Waals surface area contributed by atoms with E-state index in [1.54, 1.807) is 42.4 Å². The van der Waals surface area contributed by atoms with Gasteiger partial charge in [0.25, 0.3) is 0 Å². The molecule has 154 valence electrons. The van der Waals surface area contributed by atoms with Gasteiger partial charge in [-0.1, -0.05) is 41.6 Å². The first-order valence-electron chi connectivity index (χ1n) is 9.96. The van der Waals surface area contributed by atoms with E-state index in [2.05, 4.69) is 51.4 Å². The van der Waals surface area contributed by atoms with Gasteiger partial charge >= 0.3 is 0 Å². The predicted molar refractivity (Wildman–Crippen MR) is 117 cm³/mol. The van der Waals surface area contributed by atoms with E-state index in [-0.39, 0.29) is 17.5 Å². The molecule has 0 saturated carbocycles. The Labute approximate surface area is 179 Å². The second-order valence-electron chi connectivity index (χ2n) is 7.33. The van der Waals surface area contributed by atoms with Gasteiger partial charge in [-0.2, -0.15) is 0 Å². The predicted octanol–water partition coefficient (Wildman–Crippen LogP) is 4.93. The fraction of sp³-hybridized carbons (Fsp3) is 0.261. The third kappa shape index (κ3) is 4.79. The highest BCUT2D eigenvalue weighted by Gasteiger charge is 2.27. The molecule has 1 saturated heterocycles. The maximum Gasteiger partial charge on any atom is 0.227 e. The molecule has 0 bridgehead atoms. The molecule has 1 fully saturated rings. The molecule has 2 aromatic carbocycles. The molecule has 0 atom stereocenters. The minimum Gasteiger partial charge on any atom is -0.354 e. The molecule has 1 aromatic heterocycles. The Kier molecular flexibility index (Phi) is 6.28. The first kappa shape index (κ1) is 20.3. The van der Waals surface area contributed by atoms with Crippen LogP contribution in [-0.2, 0) is 4.79 Å². The van der Waals surface area contributed by atoms with E-state index in [4.69, 9.17) is 0 Å². The van der Waals surface area contributed by atoms with Gasteiger partial charge in [-0.05, 0) is 44.0 Å². The van der Waals surface area contributed by atoms with Gasteiger partial charge in [-0.15, -0.1) is 0 Å². The van der Waals surface area contributed by atoms with Gasteiger partial charge < -0.3 is 10.2 Å². The SMILES string of the molecule is Cc1ccc(Sc2nccnc2N2CCC(C(=O)Nc3ccccc3F)CC2)cc1. The number of nitrogens with one attached hydrogen (secondary N) is 1. The van der Waals surface area contributed by atoms with Crippen LogP contribution in [0.3, 0.4) is 0 Å². The minimum absolute atomic E-state index is 0.131. The fourth-order valence-corrected chi connectivity index (χ4v) is 4.36. The van der Waals surface area contributed by atoms with Crippen molar-refractivity contribution in [2.24, 2.45) is 5.92 Å². The number of benzene rings is 2. The first-order valence-corrected chi connectivity index (χ1v) is 10.8. The second-order valence-corrected chi connectivity index (χ2v) is 8.39. The first-order chi connectivity index (χ1) is 14.6. The normalized spacial score (nSPS) is 14.5. The number of halogens is 1. The maximum absolute atomic E-state index is 13.8. The van der Waals surface area contributed by atoms with E-state index in [0.29, 0.717) is 25.9 Å². The molecule has 0 radical (unpaired) electrons. The second kappa shape index (κ2) is 9.26. The van der Waals surface area contributed by atoms with Crippen molar-refractivity contribution in [2.75, 3.05) is 23.3 Å². The van der Waals surface area contributed by atoms with Crippen LogP contribution < -0.4 is 10.2 Å². The number of carbonyl (C=O) groups is 1. The van der Waals surface area contributed by atoms with Crippen LogP contribution >= 0.6 is 11.8 Å². The zero-order valence-electron chi connectivity index (χ0n) is 16.7. The molecule has 1 N–H and O–H groups in total. The van der Waals surface area contributed by atoms with E-state index >= 15 is 0 Å². The summed E-state index contributed by atoms with van der Waals surface area (Å²) in [5.74, 6) is 0.149. The molecular formula is C23H23FN4OS. The molecule has 7 heteroatoms. The highest BCUT2D eigenvalue weighted by molar-refractivity contribution is 7.99. The van der Waals surface area contributed by atoms with E-state index in [1.165, 1.54) is 11.6 Å². The lowest BCUT2D eigenvalue weighted by Gasteiger charge is -2.32. The number of para-hydroxylation sites is 1. The molecule has 1 amide bonds. The number of hydrogen-bond acceptors (Lipinski definition) is 5. The van der Waals surface area contributed by atoms with Crippen LogP contribution in [0.15, 0.2) is 70.8 Å². The molecule has 5 nitrogen and oxygen atoms in total. The quantitative estimate of drug-likeness (QED) is 0.632. The highest BCUT2D eigenvalue weighted by atomic mass is 32.2.